The van der Waals surface area contributed by atoms with Crippen LogP contribution in [0.25, 0.3) is 0 Å². The summed E-state index contributed by atoms with van der Waals surface area (Å²) >= 11 is 3.19. The minimum atomic E-state index is -0.217. The predicted molar refractivity (Wildman–Crippen MR) is 90.9 cm³/mol. The molecule has 0 saturated carbocycles. The van der Waals surface area contributed by atoms with E-state index in [-0.39, 0.29) is 23.6 Å². The average molecular weight is 393 g/mol. The summed E-state index contributed by atoms with van der Waals surface area (Å²) in [7, 11) is 0. The zero-order valence-electron chi connectivity index (χ0n) is 12.9. The number of phenols is 1. The van der Waals surface area contributed by atoms with Gasteiger partial charge in [0.1, 0.15) is 5.75 Å². The topological polar surface area (TPSA) is 82.8 Å². The van der Waals surface area contributed by atoms with E-state index < -0.39 is 0 Å². The molecule has 0 unspecified atom stereocenters. The molecular formula is C17H17BrN2O4. The van der Waals surface area contributed by atoms with Crippen LogP contribution in [0.4, 0.5) is 0 Å². The van der Waals surface area contributed by atoms with Gasteiger partial charge in [-0.15, -0.1) is 0 Å². The quantitative estimate of drug-likeness (QED) is 0.840. The Hall–Kier alpha value is -2.28. The van der Waals surface area contributed by atoms with Crippen molar-refractivity contribution in [3.05, 3.63) is 52.4 Å². The number of halogens is 1. The fourth-order valence-electron chi connectivity index (χ4n) is 2.73. The van der Waals surface area contributed by atoms with Gasteiger partial charge in [0.05, 0.1) is 0 Å². The number of amides is 2. The van der Waals surface area contributed by atoms with Gasteiger partial charge >= 0.3 is 0 Å². The molecule has 1 aliphatic heterocycles. The number of nitrogens with zero attached hydrogens (tertiary/aromatic N) is 1. The molecule has 1 aromatic carbocycles. The Bertz CT molecular complexity index is 751. The van der Waals surface area contributed by atoms with E-state index >= 15 is 0 Å². The zero-order valence-corrected chi connectivity index (χ0v) is 14.5. The third-order valence-corrected chi connectivity index (χ3v) is 4.44. The van der Waals surface area contributed by atoms with Crippen molar-refractivity contribution in [2.24, 2.45) is 0 Å². The Morgan fingerprint density at radius 3 is 2.58 bits per heavy atom. The maximum absolute atomic E-state index is 12.3. The number of carbonyl (C=O) groups excluding carboxylic acids is 2. The molecular weight excluding hydrogens is 376 g/mol. The molecule has 2 N–H and O–H groups in total. The Morgan fingerprint density at radius 1 is 1.21 bits per heavy atom. The number of benzene rings is 1. The number of phenolic OH excluding ortho intramolecular Hbond substituents is 1. The van der Waals surface area contributed by atoms with Crippen LogP contribution in [0.1, 0.15) is 33.8 Å². The zero-order chi connectivity index (χ0) is 17.1. The summed E-state index contributed by atoms with van der Waals surface area (Å²) in [5.41, 5.74) is 0.425. The Balaban J connectivity index is 1.53. The molecule has 0 bridgehead atoms. The molecule has 24 heavy (non-hydrogen) atoms. The molecule has 1 saturated heterocycles. The van der Waals surface area contributed by atoms with Crippen molar-refractivity contribution in [2.45, 2.75) is 18.9 Å². The van der Waals surface area contributed by atoms with Crippen molar-refractivity contribution < 1.29 is 19.1 Å². The van der Waals surface area contributed by atoms with Gasteiger partial charge < -0.3 is 19.7 Å². The lowest BCUT2D eigenvalue weighted by Gasteiger charge is -2.31. The van der Waals surface area contributed by atoms with E-state index in [1.807, 2.05) is 0 Å². The monoisotopic (exact) mass is 392 g/mol. The van der Waals surface area contributed by atoms with Crippen LogP contribution in [0, 0.1) is 0 Å². The van der Waals surface area contributed by atoms with Crippen LogP contribution in [0.2, 0.25) is 0 Å². The van der Waals surface area contributed by atoms with Crippen molar-refractivity contribution in [1.29, 1.82) is 0 Å². The highest BCUT2D eigenvalue weighted by Crippen LogP contribution is 2.19. The second kappa shape index (κ2) is 7.09. The number of aromatic hydroxyl groups is 1. The van der Waals surface area contributed by atoms with E-state index in [0.29, 0.717) is 41.9 Å². The second-order valence-corrected chi connectivity index (χ2v) is 6.48. The third kappa shape index (κ3) is 3.79. The molecule has 2 heterocycles. The molecule has 7 heteroatoms. The van der Waals surface area contributed by atoms with Crippen LogP contribution in [0.5, 0.6) is 5.75 Å². The van der Waals surface area contributed by atoms with Crippen LogP contribution < -0.4 is 5.32 Å². The van der Waals surface area contributed by atoms with E-state index in [9.17, 15) is 14.7 Å². The van der Waals surface area contributed by atoms with E-state index in [0.717, 1.165) is 0 Å². The molecule has 1 aliphatic rings. The van der Waals surface area contributed by atoms with Crippen LogP contribution >= 0.6 is 15.9 Å². The Morgan fingerprint density at radius 2 is 1.96 bits per heavy atom. The molecule has 0 spiro atoms. The molecule has 0 atom stereocenters. The number of nitrogens with one attached hydrogen (secondary N) is 1. The van der Waals surface area contributed by atoms with Gasteiger partial charge in [0.2, 0.25) is 0 Å². The summed E-state index contributed by atoms with van der Waals surface area (Å²) in [6.45, 7) is 1.12. The molecule has 1 fully saturated rings. The van der Waals surface area contributed by atoms with Crippen LogP contribution in [-0.2, 0) is 0 Å². The lowest BCUT2D eigenvalue weighted by molar-refractivity contribution is 0.0666. The molecule has 2 amide bonds. The molecule has 0 radical (unpaired) electrons. The SMILES string of the molecule is O=C(NC1CCN(C(=O)c2ccc(Br)o2)CC1)c1cccc(O)c1. The van der Waals surface area contributed by atoms with Gasteiger partial charge in [0.15, 0.2) is 10.4 Å². The first-order chi connectivity index (χ1) is 11.5. The normalized spacial score (nSPS) is 15.3. The predicted octanol–water partition coefficient (Wildman–Crippen LogP) is 2.78. The number of hydrogen-bond acceptors (Lipinski definition) is 4. The van der Waals surface area contributed by atoms with Gasteiger partial charge in [-0.3, -0.25) is 9.59 Å². The minimum absolute atomic E-state index is 0.00670. The summed E-state index contributed by atoms with van der Waals surface area (Å²) in [5.74, 6) is 0.0147. The van der Waals surface area contributed by atoms with Crippen LogP contribution in [0.15, 0.2) is 45.5 Å². The van der Waals surface area contributed by atoms with E-state index in [1.54, 1.807) is 29.2 Å². The molecule has 2 aromatic rings. The van der Waals surface area contributed by atoms with E-state index in [2.05, 4.69) is 21.2 Å². The summed E-state index contributed by atoms with van der Waals surface area (Å²) in [6.07, 6.45) is 1.36. The molecule has 6 nitrogen and oxygen atoms in total. The minimum Gasteiger partial charge on any atom is -0.508 e. The molecule has 0 aliphatic carbocycles. The molecule has 126 valence electrons. The average Bonchev–Trinajstić information content (AvgIpc) is 3.01. The number of carbonyl (C=O) groups is 2. The number of rotatable bonds is 3. The molecule has 3 rings (SSSR count). The fraction of sp³-hybridized carbons (Fsp3) is 0.294. The number of hydrogen-bond donors (Lipinski definition) is 2. The Labute approximate surface area is 147 Å². The summed E-state index contributed by atoms with van der Waals surface area (Å²) in [5, 5.41) is 12.4. The maximum Gasteiger partial charge on any atom is 0.289 e. The second-order valence-electron chi connectivity index (χ2n) is 5.69. The van der Waals surface area contributed by atoms with Gasteiger partial charge in [0.25, 0.3) is 11.8 Å². The van der Waals surface area contributed by atoms with Gasteiger partial charge in [-0.05, 0) is 59.1 Å². The largest absolute Gasteiger partial charge is 0.508 e. The highest BCUT2D eigenvalue weighted by molar-refractivity contribution is 9.10. The van der Waals surface area contributed by atoms with Gasteiger partial charge in [-0.2, -0.15) is 0 Å². The fourth-order valence-corrected chi connectivity index (χ4v) is 3.03. The summed E-state index contributed by atoms with van der Waals surface area (Å²) in [6, 6.07) is 9.58. The summed E-state index contributed by atoms with van der Waals surface area (Å²) in [4.78, 5) is 26.2. The highest BCUT2D eigenvalue weighted by atomic mass is 79.9. The van der Waals surface area contributed by atoms with Crippen LogP contribution in [0.3, 0.4) is 0 Å². The number of likely N-dealkylation sites (tertiary alicyclic amines) is 1. The van der Waals surface area contributed by atoms with Crippen molar-refractivity contribution in [1.82, 2.24) is 10.2 Å². The van der Waals surface area contributed by atoms with Crippen molar-refractivity contribution >= 4 is 27.7 Å². The molecule has 1 aromatic heterocycles. The standard InChI is InChI=1S/C17H17BrN2O4/c18-15-5-4-14(24-15)17(23)20-8-6-12(7-9-20)19-16(22)11-2-1-3-13(21)10-11/h1-5,10,12,21H,6-9H2,(H,19,22). The summed E-state index contributed by atoms with van der Waals surface area (Å²) < 4.78 is 5.82. The van der Waals surface area contributed by atoms with E-state index in [1.165, 1.54) is 12.1 Å². The van der Waals surface area contributed by atoms with Crippen molar-refractivity contribution in [2.75, 3.05) is 13.1 Å². The lowest BCUT2D eigenvalue weighted by atomic mass is 10.0. The first kappa shape index (κ1) is 16.6. The van der Waals surface area contributed by atoms with E-state index in [4.69, 9.17) is 4.42 Å². The third-order valence-electron chi connectivity index (χ3n) is 4.01. The highest BCUT2D eigenvalue weighted by Gasteiger charge is 2.26. The van der Waals surface area contributed by atoms with Crippen molar-refractivity contribution in [3.8, 4) is 5.75 Å². The number of piperidine rings is 1. The van der Waals surface area contributed by atoms with Crippen molar-refractivity contribution in [3.63, 3.8) is 0 Å². The van der Waals surface area contributed by atoms with Gasteiger partial charge in [-0.25, -0.2) is 0 Å². The smallest absolute Gasteiger partial charge is 0.289 e. The van der Waals surface area contributed by atoms with Gasteiger partial charge in [0, 0.05) is 24.7 Å². The first-order valence-electron chi connectivity index (χ1n) is 7.67. The van der Waals surface area contributed by atoms with Crippen LogP contribution in [-0.4, -0.2) is 41.0 Å². The maximum atomic E-state index is 12.3. The lowest BCUT2D eigenvalue weighted by Crippen LogP contribution is -2.46. The Kier molecular flexibility index (Phi) is 4.89. The van der Waals surface area contributed by atoms with Gasteiger partial charge in [-0.1, -0.05) is 6.07 Å². The number of furan rings is 1. The first-order valence-corrected chi connectivity index (χ1v) is 8.47.